The largest absolute Gasteiger partial charge is 0.337 e. The number of rotatable bonds is 3. The number of nitrogens with zero attached hydrogens (tertiary/aromatic N) is 3. The molecule has 2 aromatic heterocycles. The molecule has 3 heterocycles. The van der Waals surface area contributed by atoms with Crippen molar-refractivity contribution in [1.82, 2.24) is 14.9 Å². The van der Waals surface area contributed by atoms with E-state index in [1.165, 1.54) is 0 Å². The highest BCUT2D eigenvalue weighted by Crippen LogP contribution is 2.29. The van der Waals surface area contributed by atoms with Crippen LogP contribution in [0.15, 0.2) is 66.9 Å². The number of halogens is 1. The zero-order valence-electron chi connectivity index (χ0n) is 14.9. The molecule has 1 aliphatic rings. The van der Waals surface area contributed by atoms with Crippen molar-refractivity contribution >= 4 is 17.5 Å². The molecule has 0 spiro atoms. The zero-order chi connectivity index (χ0) is 18.6. The van der Waals surface area contributed by atoms with Gasteiger partial charge in [0.15, 0.2) is 0 Å². The van der Waals surface area contributed by atoms with Crippen molar-refractivity contribution in [3.05, 3.63) is 83.3 Å². The van der Waals surface area contributed by atoms with Crippen LogP contribution < -0.4 is 0 Å². The van der Waals surface area contributed by atoms with E-state index in [2.05, 4.69) is 4.98 Å². The normalized spacial score (nSPS) is 16.9. The first-order chi connectivity index (χ1) is 13.2. The van der Waals surface area contributed by atoms with Gasteiger partial charge in [0.2, 0.25) is 0 Å². The molecule has 5 heteroatoms. The number of carbonyl (C=O) groups excluding carboxylic acids is 1. The Kier molecular flexibility index (Phi) is 5.16. The Hall–Kier alpha value is -2.72. The van der Waals surface area contributed by atoms with Crippen LogP contribution in [0.1, 0.15) is 34.9 Å². The highest BCUT2D eigenvalue weighted by atomic mass is 35.5. The van der Waals surface area contributed by atoms with E-state index in [1.807, 2.05) is 59.5 Å². The standard InChI is InChI=1S/C22H20ClN3O/c23-18-8-3-6-16(14-18)19-10-4-11-20(25-19)17-7-5-13-26(15-17)22(27)21-9-1-2-12-24-21/h1-4,6,8-12,14,17H,5,7,13,15H2/t17-/m0/s1. The van der Waals surface area contributed by atoms with E-state index in [4.69, 9.17) is 16.6 Å². The molecule has 1 aromatic carbocycles. The Balaban J connectivity index is 1.55. The predicted octanol–water partition coefficient (Wildman–Crippen LogP) is 4.82. The number of hydrogen-bond acceptors (Lipinski definition) is 3. The summed E-state index contributed by atoms with van der Waals surface area (Å²) in [7, 11) is 0. The molecule has 3 aromatic rings. The van der Waals surface area contributed by atoms with Crippen LogP contribution in [-0.2, 0) is 0 Å². The minimum atomic E-state index is -0.00806. The summed E-state index contributed by atoms with van der Waals surface area (Å²) in [6.07, 6.45) is 3.65. The van der Waals surface area contributed by atoms with Crippen LogP contribution in [0.2, 0.25) is 5.02 Å². The summed E-state index contributed by atoms with van der Waals surface area (Å²) in [5.74, 6) is 0.219. The van der Waals surface area contributed by atoms with E-state index in [0.29, 0.717) is 17.3 Å². The molecule has 1 saturated heterocycles. The smallest absolute Gasteiger partial charge is 0.272 e. The summed E-state index contributed by atoms with van der Waals surface area (Å²) in [5.41, 5.74) is 3.43. The van der Waals surface area contributed by atoms with Crippen LogP contribution in [0.5, 0.6) is 0 Å². The highest BCUT2D eigenvalue weighted by molar-refractivity contribution is 6.30. The molecule has 0 saturated carbocycles. The van der Waals surface area contributed by atoms with Crippen molar-refractivity contribution in [2.45, 2.75) is 18.8 Å². The van der Waals surface area contributed by atoms with Crippen LogP contribution in [-0.4, -0.2) is 33.9 Å². The van der Waals surface area contributed by atoms with Gasteiger partial charge in [0.05, 0.1) is 5.69 Å². The number of likely N-dealkylation sites (tertiary alicyclic amines) is 1. The third-order valence-corrected chi connectivity index (χ3v) is 5.14. The molecule has 1 atom stereocenters. The molecule has 1 amide bonds. The fraction of sp³-hybridized carbons (Fsp3) is 0.227. The third-order valence-electron chi connectivity index (χ3n) is 4.90. The lowest BCUT2D eigenvalue weighted by Crippen LogP contribution is -2.39. The molecule has 4 rings (SSSR count). The van der Waals surface area contributed by atoms with Crippen molar-refractivity contribution < 1.29 is 4.79 Å². The monoisotopic (exact) mass is 377 g/mol. The summed E-state index contributed by atoms with van der Waals surface area (Å²) in [4.78, 5) is 23.7. The second kappa shape index (κ2) is 7.89. The van der Waals surface area contributed by atoms with Gasteiger partial charge in [-0.05, 0) is 49.2 Å². The summed E-state index contributed by atoms with van der Waals surface area (Å²) in [6.45, 7) is 1.43. The quantitative estimate of drug-likeness (QED) is 0.657. The Morgan fingerprint density at radius 1 is 1.07 bits per heavy atom. The lowest BCUT2D eigenvalue weighted by molar-refractivity contribution is 0.0700. The number of pyridine rings is 2. The van der Waals surface area contributed by atoms with Crippen LogP contribution in [0.3, 0.4) is 0 Å². The maximum atomic E-state index is 12.7. The SMILES string of the molecule is O=C(c1ccccn1)N1CCC[C@H](c2cccc(-c3cccc(Cl)c3)n2)C1. The van der Waals surface area contributed by atoms with Crippen molar-refractivity contribution in [2.24, 2.45) is 0 Å². The molecule has 27 heavy (non-hydrogen) atoms. The van der Waals surface area contributed by atoms with Gasteiger partial charge in [0, 0.05) is 41.5 Å². The molecule has 0 radical (unpaired) electrons. The van der Waals surface area contributed by atoms with Crippen molar-refractivity contribution in [3.8, 4) is 11.3 Å². The van der Waals surface area contributed by atoms with Crippen molar-refractivity contribution in [3.63, 3.8) is 0 Å². The Morgan fingerprint density at radius 3 is 2.78 bits per heavy atom. The number of piperidine rings is 1. The molecule has 1 fully saturated rings. The summed E-state index contributed by atoms with van der Waals surface area (Å²) < 4.78 is 0. The average Bonchev–Trinajstić information content (AvgIpc) is 2.74. The van der Waals surface area contributed by atoms with Gasteiger partial charge in [-0.2, -0.15) is 0 Å². The van der Waals surface area contributed by atoms with Crippen LogP contribution >= 0.6 is 11.6 Å². The fourth-order valence-corrected chi connectivity index (χ4v) is 3.73. The zero-order valence-corrected chi connectivity index (χ0v) is 15.6. The average molecular weight is 378 g/mol. The molecule has 1 aliphatic heterocycles. The van der Waals surface area contributed by atoms with Gasteiger partial charge in [-0.1, -0.05) is 35.9 Å². The maximum absolute atomic E-state index is 12.7. The van der Waals surface area contributed by atoms with E-state index < -0.39 is 0 Å². The van der Waals surface area contributed by atoms with E-state index in [1.54, 1.807) is 12.3 Å². The highest BCUT2D eigenvalue weighted by Gasteiger charge is 2.27. The molecule has 0 N–H and O–H groups in total. The lowest BCUT2D eigenvalue weighted by Gasteiger charge is -2.32. The van der Waals surface area contributed by atoms with Gasteiger partial charge in [-0.15, -0.1) is 0 Å². The predicted molar refractivity (Wildman–Crippen MR) is 107 cm³/mol. The summed E-state index contributed by atoms with van der Waals surface area (Å²) in [5, 5.41) is 0.699. The Labute approximate surface area is 163 Å². The topological polar surface area (TPSA) is 46.1 Å². The van der Waals surface area contributed by atoms with Crippen LogP contribution in [0.25, 0.3) is 11.3 Å². The van der Waals surface area contributed by atoms with Crippen LogP contribution in [0.4, 0.5) is 0 Å². The summed E-state index contributed by atoms with van der Waals surface area (Å²) >= 11 is 6.12. The van der Waals surface area contributed by atoms with Gasteiger partial charge < -0.3 is 4.90 Å². The van der Waals surface area contributed by atoms with E-state index in [0.717, 1.165) is 36.3 Å². The number of hydrogen-bond donors (Lipinski definition) is 0. The van der Waals surface area contributed by atoms with Crippen molar-refractivity contribution in [1.29, 1.82) is 0 Å². The number of amides is 1. The van der Waals surface area contributed by atoms with Gasteiger partial charge in [0.1, 0.15) is 5.69 Å². The molecule has 0 aliphatic carbocycles. The van der Waals surface area contributed by atoms with Gasteiger partial charge in [0.25, 0.3) is 5.91 Å². The molecule has 136 valence electrons. The summed E-state index contributed by atoms with van der Waals surface area (Å²) in [6, 6.07) is 19.2. The van der Waals surface area contributed by atoms with Crippen LogP contribution in [0, 0.1) is 0 Å². The fourth-order valence-electron chi connectivity index (χ4n) is 3.54. The Bertz CT molecular complexity index is 945. The minimum absolute atomic E-state index is 0.00806. The lowest BCUT2D eigenvalue weighted by atomic mass is 9.93. The van der Waals surface area contributed by atoms with Gasteiger partial charge in [-0.3, -0.25) is 14.8 Å². The number of carbonyl (C=O) groups is 1. The van der Waals surface area contributed by atoms with Gasteiger partial charge >= 0.3 is 0 Å². The first-order valence-corrected chi connectivity index (χ1v) is 9.52. The van der Waals surface area contributed by atoms with E-state index in [-0.39, 0.29) is 11.8 Å². The Morgan fingerprint density at radius 2 is 1.96 bits per heavy atom. The number of benzene rings is 1. The molecule has 0 unspecified atom stereocenters. The molecular formula is C22H20ClN3O. The first kappa shape index (κ1) is 17.7. The minimum Gasteiger partial charge on any atom is -0.337 e. The second-order valence-electron chi connectivity index (χ2n) is 6.76. The third kappa shape index (κ3) is 4.01. The first-order valence-electron chi connectivity index (χ1n) is 9.14. The van der Waals surface area contributed by atoms with E-state index in [9.17, 15) is 4.79 Å². The van der Waals surface area contributed by atoms with Crippen molar-refractivity contribution in [2.75, 3.05) is 13.1 Å². The molecular weight excluding hydrogens is 358 g/mol. The molecule has 4 nitrogen and oxygen atoms in total. The molecule has 0 bridgehead atoms. The second-order valence-corrected chi connectivity index (χ2v) is 7.20. The number of aromatic nitrogens is 2. The maximum Gasteiger partial charge on any atom is 0.272 e. The van der Waals surface area contributed by atoms with E-state index >= 15 is 0 Å². The van der Waals surface area contributed by atoms with Gasteiger partial charge in [-0.25, -0.2) is 0 Å².